The van der Waals surface area contributed by atoms with E-state index in [9.17, 15) is 0 Å². The van der Waals surface area contributed by atoms with Gasteiger partial charge in [0, 0.05) is 12.1 Å². The maximum atomic E-state index is 6.01. The van der Waals surface area contributed by atoms with E-state index < -0.39 is 0 Å². The number of aryl methyl sites for hydroxylation is 2. The van der Waals surface area contributed by atoms with Crippen LogP contribution in [0.15, 0.2) is 18.2 Å². The van der Waals surface area contributed by atoms with Crippen LogP contribution < -0.4 is 11.5 Å². The van der Waals surface area contributed by atoms with Crippen molar-refractivity contribution in [3.8, 4) is 0 Å². The Morgan fingerprint density at radius 1 is 1.23 bits per heavy atom. The third kappa shape index (κ3) is 1.47. The molecule has 0 radical (unpaired) electrons. The number of nitrogens with two attached hydrogens (primary N) is 2. The fourth-order valence-electron chi connectivity index (χ4n) is 1.92. The minimum Gasteiger partial charge on any atom is -0.326 e. The van der Waals surface area contributed by atoms with Crippen LogP contribution in [0.5, 0.6) is 0 Å². The van der Waals surface area contributed by atoms with Crippen molar-refractivity contribution >= 4 is 0 Å². The van der Waals surface area contributed by atoms with Gasteiger partial charge in [-0.3, -0.25) is 0 Å². The van der Waals surface area contributed by atoms with Crippen molar-refractivity contribution < 1.29 is 0 Å². The van der Waals surface area contributed by atoms with Gasteiger partial charge in [0.15, 0.2) is 0 Å². The van der Waals surface area contributed by atoms with E-state index in [-0.39, 0.29) is 12.1 Å². The predicted molar refractivity (Wildman–Crippen MR) is 54.4 cm³/mol. The SMILES string of the molecule is CC(N)C(N)c1ccc2cc1CC2. The van der Waals surface area contributed by atoms with Gasteiger partial charge in [0.1, 0.15) is 0 Å². The third-order valence-electron chi connectivity index (χ3n) is 2.82. The van der Waals surface area contributed by atoms with E-state index in [0.29, 0.717) is 0 Å². The number of hydrogen-bond donors (Lipinski definition) is 2. The molecule has 0 heterocycles. The summed E-state index contributed by atoms with van der Waals surface area (Å²) in [4.78, 5) is 0. The van der Waals surface area contributed by atoms with Gasteiger partial charge in [0.05, 0.1) is 0 Å². The van der Waals surface area contributed by atoms with E-state index in [1.165, 1.54) is 23.1 Å². The first-order valence-corrected chi connectivity index (χ1v) is 4.81. The van der Waals surface area contributed by atoms with Gasteiger partial charge in [0.2, 0.25) is 0 Å². The molecule has 2 rings (SSSR count). The molecule has 13 heavy (non-hydrogen) atoms. The highest BCUT2D eigenvalue weighted by Crippen LogP contribution is 2.26. The van der Waals surface area contributed by atoms with E-state index >= 15 is 0 Å². The smallest absolute Gasteiger partial charge is 0.0448 e. The Kier molecular flexibility index (Phi) is 2.10. The Morgan fingerprint density at radius 2 is 2.00 bits per heavy atom. The van der Waals surface area contributed by atoms with Crippen LogP contribution in [0.1, 0.15) is 29.7 Å². The molecule has 0 saturated carbocycles. The first kappa shape index (κ1) is 8.73. The molecule has 1 aromatic rings. The highest BCUT2D eigenvalue weighted by atomic mass is 14.8. The Bertz CT molecular complexity index is 318. The van der Waals surface area contributed by atoms with Gasteiger partial charge >= 0.3 is 0 Å². The average Bonchev–Trinajstić information content (AvgIpc) is 2.47. The van der Waals surface area contributed by atoms with Crippen LogP contribution in [-0.4, -0.2) is 6.04 Å². The fraction of sp³-hybridized carbons (Fsp3) is 0.455. The topological polar surface area (TPSA) is 52.0 Å². The molecule has 0 fully saturated rings. The molecule has 2 unspecified atom stereocenters. The Hall–Kier alpha value is -0.860. The summed E-state index contributed by atoms with van der Waals surface area (Å²) >= 11 is 0. The van der Waals surface area contributed by atoms with Gasteiger partial charge in [0.25, 0.3) is 0 Å². The van der Waals surface area contributed by atoms with Crippen molar-refractivity contribution in [2.45, 2.75) is 31.8 Å². The lowest BCUT2D eigenvalue weighted by Gasteiger charge is -2.17. The molecule has 0 spiro atoms. The molecule has 0 saturated heterocycles. The maximum Gasteiger partial charge on any atom is 0.0448 e. The van der Waals surface area contributed by atoms with Gasteiger partial charge in [-0.15, -0.1) is 0 Å². The summed E-state index contributed by atoms with van der Waals surface area (Å²) in [5, 5.41) is 0. The number of rotatable bonds is 2. The van der Waals surface area contributed by atoms with Crippen molar-refractivity contribution in [1.82, 2.24) is 0 Å². The number of hydrogen-bond acceptors (Lipinski definition) is 2. The average molecular weight is 176 g/mol. The van der Waals surface area contributed by atoms with Crippen LogP contribution in [-0.2, 0) is 12.8 Å². The van der Waals surface area contributed by atoms with E-state index in [0.717, 1.165) is 6.42 Å². The zero-order valence-electron chi connectivity index (χ0n) is 7.96. The zero-order valence-corrected chi connectivity index (χ0v) is 7.96. The molecule has 4 N–H and O–H groups in total. The summed E-state index contributed by atoms with van der Waals surface area (Å²) < 4.78 is 0. The molecular formula is C11H16N2. The Balaban J connectivity index is 2.34. The zero-order chi connectivity index (χ0) is 9.42. The van der Waals surface area contributed by atoms with Crippen molar-refractivity contribution in [1.29, 1.82) is 0 Å². The molecule has 2 heteroatoms. The normalized spacial score (nSPS) is 18.7. The highest BCUT2D eigenvalue weighted by Gasteiger charge is 2.18. The molecule has 2 bridgehead atoms. The molecule has 0 aromatic heterocycles. The Morgan fingerprint density at radius 3 is 2.69 bits per heavy atom. The Labute approximate surface area is 78.9 Å². The summed E-state index contributed by atoms with van der Waals surface area (Å²) in [6, 6.07) is 6.56. The summed E-state index contributed by atoms with van der Waals surface area (Å²) in [5.74, 6) is 0. The monoisotopic (exact) mass is 176 g/mol. The van der Waals surface area contributed by atoms with Crippen LogP contribution in [0.4, 0.5) is 0 Å². The molecule has 0 amide bonds. The standard InChI is InChI=1S/C11H16N2/c1-7(12)11(13)10-5-3-8-2-4-9(10)6-8/h3,5-7,11H,2,4,12-13H2,1H3. The number of benzene rings is 1. The molecule has 2 atom stereocenters. The van der Waals surface area contributed by atoms with Gasteiger partial charge in [-0.25, -0.2) is 0 Å². The van der Waals surface area contributed by atoms with Gasteiger partial charge < -0.3 is 11.5 Å². The second-order valence-electron chi connectivity index (χ2n) is 3.92. The van der Waals surface area contributed by atoms with E-state index in [4.69, 9.17) is 11.5 Å². The molecule has 1 aliphatic carbocycles. The van der Waals surface area contributed by atoms with Crippen LogP contribution in [0.3, 0.4) is 0 Å². The lowest BCUT2D eigenvalue weighted by Crippen LogP contribution is -2.31. The molecule has 70 valence electrons. The van der Waals surface area contributed by atoms with Crippen molar-refractivity contribution in [3.05, 3.63) is 34.9 Å². The molecule has 2 nitrogen and oxygen atoms in total. The van der Waals surface area contributed by atoms with Crippen LogP contribution in [0.25, 0.3) is 0 Å². The quantitative estimate of drug-likeness (QED) is 0.709. The van der Waals surface area contributed by atoms with Crippen LogP contribution in [0.2, 0.25) is 0 Å². The van der Waals surface area contributed by atoms with E-state index in [2.05, 4.69) is 18.2 Å². The summed E-state index contributed by atoms with van der Waals surface area (Å²) in [6.45, 7) is 1.96. The van der Waals surface area contributed by atoms with Crippen molar-refractivity contribution in [2.75, 3.05) is 0 Å². The maximum absolute atomic E-state index is 6.01. The third-order valence-corrected chi connectivity index (χ3v) is 2.82. The molecular weight excluding hydrogens is 160 g/mol. The minimum absolute atomic E-state index is 0.0119. The fourth-order valence-corrected chi connectivity index (χ4v) is 1.92. The van der Waals surface area contributed by atoms with E-state index in [1.807, 2.05) is 6.92 Å². The largest absolute Gasteiger partial charge is 0.326 e. The predicted octanol–water partition coefficient (Wildman–Crippen LogP) is 1.13. The lowest BCUT2D eigenvalue weighted by atomic mass is 9.97. The van der Waals surface area contributed by atoms with Crippen molar-refractivity contribution in [2.24, 2.45) is 11.5 Å². The highest BCUT2D eigenvalue weighted by molar-refractivity contribution is 5.39. The minimum atomic E-state index is -0.0119. The second kappa shape index (κ2) is 3.13. The van der Waals surface area contributed by atoms with Gasteiger partial charge in [-0.2, -0.15) is 0 Å². The van der Waals surface area contributed by atoms with E-state index in [1.54, 1.807) is 0 Å². The van der Waals surface area contributed by atoms with Crippen LogP contribution >= 0.6 is 0 Å². The molecule has 0 aliphatic heterocycles. The second-order valence-corrected chi connectivity index (χ2v) is 3.92. The molecule has 1 aliphatic rings. The van der Waals surface area contributed by atoms with Crippen LogP contribution in [0, 0.1) is 0 Å². The van der Waals surface area contributed by atoms with Gasteiger partial charge in [-0.1, -0.05) is 18.2 Å². The first-order valence-electron chi connectivity index (χ1n) is 4.81. The number of fused-ring (bicyclic) bond motifs is 2. The van der Waals surface area contributed by atoms with Gasteiger partial charge in [-0.05, 0) is 36.5 Å². The first-order chi connectivity index (χ1) is 6.18. The lowest BCUT2D eigenvalue weighted by molar-refractivity contribution is 0.585. The molecule has 1 aromatic carbocycles. The summed E-state index contributed by atoms with van der Waals surface area (Å²) in [6.07, 6.45) is 2.30. The summed E-state index contributed by atoms with van der Waals surface area (Å²) in [7, 11) is 0. The van der Waals surface area contributed by atoms with Crippen molar-refractivity contribution in [3.63, 3.8) is 0 Å². The summed E-state index contributed by atoms with van der Waals surface area (Å²) in [5.41, 5.74) is 15.8.